The standard InChI is InChI=1S/C12H23NO2/c1-3-5-10(2)12(15)13(8-9-14)11-6-4-7-11/h10-11,14H,3-9H2,1-2H3. The molecule has 15 heavy (non-hydrogen) atoms. The number of nitrogens with zero attached hydrogens (tertiary/aromatic N) is 1. The Labute approximate surface area is 92.5 Å². The van der Waals surface area contributed by atoms with E-state index in [4.69, 9.17) is 5.11 Å². The second-order valence-electron chi connectivity index (χ2n) is 4.53. The van der Waals surface area contributed by atoms with Gasteiger partial charge in [-0.25, -0.2) is 0 Å². The van der Waals surface area contributed by atoms with Crippen molar-refractivity contribution in [2.75, 3.05) is 13.2 Å². The van der Waals surface area contributed by atoms with Crippen molar-refractivity contribution < 1.29 is 9.90 Å². The molecular weight excluding hydrogens is 190 g/mol. The lowest BCUT2D eigenvalue weighted by Gasteiger charge is -2.38. The summed E-state index contributed by atoms with van der Waals surface area (Å²) in [5.41, 5.74) is 0. The molecule has 1 fully saturated rings. The lowest BCUT2D eigenvalue weighted by atomic mass is 9.90. The quantitative estimate of drug-likeness (QED) is 0.731. The number of aliphatic hydroxyl groups is 1. The van der Waals surface area contributed by atoms with E-state index in [0.717, 1.165) is 25.7 Å². The van der Waals surface area contributed by atoms with Gasteiger partial charge in [0.1, 0.15) is 0 Å². The van der Waals surface area contributed by atoms with Gasteiger partial charge in [-0.3, -0.25) is 4.79 Å². The smallest absolute Gasteiger partial charge is 0.225 e. The van der Waals surface area contributed by atoms with Crippen LogP contribution in [0.1, 0.15) is 46.0 Å². The highest BCUT2D eigenvalue weighted by molar-refractivity contribution is 5.78. The van der Waals surface area contributed by atoms with Crippen LogP contribution >= 0.6 is 0 Å². The maximum Gasteiger partial charge on any atom is 0.225 e. The van der Waals surface area contributed by atoms with Gasteiger partial charge < -0.3 is 10.0 Å². The molecule has 0 heterocycles. The van der Waals surface area contributed by atoms with Crippen LogP contribution in [0.25, 0.3) is 0 Å². The molecule has 1 N–H and O–H groups in total. The van der Waals surface area contributed by atoms with Gasteiger partial charge in [-0.1, -0.05) is 20.3 Å². The molecule has 0 radical (unpaired) electrons. The van der Waals surface area contributed by atoms with Crippen LogP contribution in [0.3, 0.4) is 0 Å². The Hall–Kier alpha value is -0.570. The van der Waals surface area contributed by atoms with Gasteiger partial charge in [0, 0.05) is 18.5 Å². The van der Waals surface area contributed by atoms with Crippen LogP contribution in [0.4, 0.5) is 0 Å². The topological polar surface area (TPSA) is 40.5 Å². The van der Waals surface area contributed by atoms with Gasteiger partial charge in [-0.05, 0) is 25.7 Å². The maximum atomic E-state index is 12.1. The molecule has 1 unspecified atom stereocenters. The summed E-state index contributed by atoms with van der Waals surface area (Å²) in [6.45, 7) is 4.69. The average molecular weight is 213 g/mol. The molecule has 0 aromatic heterocycles. The van der Waals surface area contributed by atoms with Crippen LogP contribution in [0.2, 0.25) is 0 Å². The molecule has 0 spiro atoms. The maximum absolute atomic E-state index is 12.1. The Morgan fingerprint density at radius 1 is 1.53 bits per heavy atom. The predicted octanol–water partition coefficient (Wildman–Crippen LogP) is 1.80. The van der Waals surface area contributed by atoms with Crippen molar-refractivity contribution in [2.24, 2.45) is 5.92 Å². The summed E-state index contributed by atoms with van der Waals surface area (Å²) in [6.07, 6.45) is 5.45. The molecule has 3 nitrogen and oxygen atoms in total. The Morgan fingerprint density at radius 3 is 2.60 bits per heavy atom. The molecule has 1 amide bonds. The summed E-state index contributed by atoms with van der Waals surface area (Å²) in [5.74, 6) is 0.345. The molecule has 0 saturated heterocycles. The fraction of sp³-hybridized carbons (Fsp3) is 0.917. The van der Waals surface area contributed by atoms with E-state index in [2.05, 4.69) is 6.92 Å². The van der Waals surface area contributed by atoms with E-state index in [1.807, 2.05) is 11.8 Å². The van der Waals surface area contributed by atoms with Crippen molar-refractivity contribution in [1.82, 2.24) is 4.90 Å². The SMILES string of the molecule is CCCC(C)C(=O)N(CCO)C1CCC1. The number of amides is 1. The van der Waals surface area contributed by atoms with Crippen molar-refractivity contribution in [1.29, 1.82) is 0 Å². The Kier molecular flexibility index (Phi) is 5.09. The average Bonchev–Trinajstić information content (AvgIpc) is 2.13. The highest BCUT2D eigenvalue weighted by Crippen LogP contribution is 2.26. The van der Waals surface area contributed by atoms with Gasteiger partial charge in [0.05, 0.1) is 6.61 Å². The van der Waals surface area contributed by atoms with E-state index in [1.165, 1.54) is 6.42 Å². The summed E-state index contributed by atoms with van der Waals surface area (Å²) in [4.78, 5) is 14.0. The third kappa shape index (κ3) is 3.20. The van der Waals surface area contributed by atoms with Crippen LogP contribution in [-0.2, 0) is 4.79 Å². The highest BCUT2D eigenvalue weighted by atomic mass is 16.3. The van der Waals surface area contributed by atoms with Crippen LogP contribution in [-0.4, -0.2) is 35.1 Å². The fourth-order valence-corrected chi connectivity index (χ4v) is 2.12. The zero-order chi connectivity index (χ0) is 11.3. The van der Waals surface area contributed by atoms with Crippen LogP contribution < -0.4 is 0 Å². The fourth-order valence-electron chi connectivity index (χ4n) is 2.12. The summed E-state index contributed by atoms with van der Waals surface area (Å²) in [7, 11) is 0. The van der Waals surface area contributed by atoms with Crippen LogP contribution in [0.5, 0.6) is 0 Å². The highest BCUT2D eigenvalue weighted by Gasteiger charge is 2.30. The Balaban J connectivity index is 2.49. The molecule has 0 aliphatic heterocycles. The van der Waals surface area contributed by atoms with Gasteiger partial charge in [-0.15, -0.1) is 0 Å². The van der Waals surface area contributed by atoms with E-state index in [9.17, 15) is 4.79 Å². The van der Waals surface area contributed by atoms with Gasteiger partial charge >= 0.3 is 0 Å². The molecule has 1 rings (SSSR count). The zero-order valence-electron chi connectivity index (χ0n) is 9.91. The van der Waals surface area contributed by atoms with Gasteiger partial charge in [0.2, 0.25) is 5.91 Å². The van der Waals surface area contributed by atoms with E-state index in [-0.39, 0.29) is 18.4 Å². The Bertz CT molecular complexity index is 202. The monoisotopic (exact) mass is 213 g/mol. The molecule has 0 bridgehead atoms. The van der Waals surface area contributed by atoms with Gasteiger partial charge in [0.15, 0.2) is 0 Å². The first-order valence-electron chi connectivity index (χ1n) is 6.12. The molecule has 1 aliphatic carbocycles. The number of hydrogen-bond acceptors (Lipinski definition) is 2. The minimum atomic E-state index is 0.0844. The van der Waals surface area contributed by atoms with Crippen molar-refractivity contribution in [3.63, 3.8) is 0 Å². The lowest BCUT2D eigenvalue weighted by molar-refractivity contribution is -0.140. The van der Waals surface area contributed by atoms with Crippen molar-refractivity contribution >= 4 is 5.91 Å². The number of aliphatic hydroxyl groups excluding tert-OH is 1. The molecule has 3 heteroatoms. The lowest BCUT2D eigenvalue weighted by Crippen LogP contribution is -2.47. The molecule has 1 aliphatic rings. The minimum Gasteiger partial charge on any atom is -0.395 e. The largest absolute Gasteiger partial charge is 0.395 e. The van der Waals surface area contributed by atoms with Crippen LogP contribution in [0.15, 0.2) is 0 Å². The molecular formula is C12H23NO2. The summed E-state index contributed by atoms with van der Waals surface area (Å²) >= 11 is 0. The van der Waals surface area contributed by atoms with Crippen molar-refractivity contribution in [3.8, 4) is 0 Å². The van der Waals surface area contributed by atoms with Gasteiger partial charge in [0.25, 0.3) is 0 Å². The summed E-state index contributed by atoms with van der Waals surface area (Å²) in [6, 6.07) is 0.406. The first-order valence-corrected chi connectivity index (χ1v) is 6.12. The summed E-state index contributed by atoms with van der Waals surface area (Å²) < 4.78 is 0. The molecule has 1 atom stereocenters. The molecule has 1 saturated carbocycles. The normalized spacial score (nSPS) is 18.3. The van der Waals surface area contributed by atoms with E-state index in [1.54, 1.807) is 0 Å². The second kappa shape index (κ2) is 6.11. The summed E-state index contributed by atoms with van der Waals surface area (Å²) in [5, 5.41) is 8.97. The third-order valence-corrected chi connectivity index (χ3v) is 3.28. The van der Waals surface area contributed by atoms with E-state index in [0.29, 0.717) is 12.6 Å². The first-order chi connectivity index (χ1) is 7.20. The Morgan fingerprint density at radius 2 is 2.20 bits per heavy atom. The number of carbonyl (C=O) groups excluding carboxylic acids is 1. The molecule has 0 aromatic carbocycles. The second-order valence-corrected chi connectivity index (χ2v) is 4.53. The van der Waals surface area contributed by atoms with Crippen molar-refractivity contribution in [2.45, 2.75) is 52.0 Å². The number of hydrogen-bond donors (Lipinski definition) is 1. The first kappa shape index (κ1) is 12.5. The number of carbonyl (C=O) groups is 1. The molecule has 0 aromatic rings. The van der Waals surface area contributed by atoms with E-state index >= 15 is 0 Å². The van der Waals surface area contributed by atoms with Crippen LogP contribution in [0, 0.1) is 5.92 Å². The van der Waals surface area contributed by atoms with Crippen molar-refractivity contribution in [3.05, 3.63) is 0 Å². The van der Waals surface area contributed by atoms with E-state index < -0.39 is 0 Å². The third-order valence-electron chi connectivity index (χ3n) is 3.28. The van der Waals surface area contributed by atoms with Gasteiger partial charge in [-0.2, -0.15) is 0 Å². The minimum absolute atomic E-state index is 0.0844. The predicted molar refractivity (Wildman–Crippen MR) is 60.5 cm³/mol. The number of rotatable bonds is 6. The molecule has 88 valence electrons. The zero-order valence-corrected chi connectivity index (χ0v) is 9.91.